The molecule has 0 bridgehead atoms. The molecule has 2 nitrogen and oxygen atoms in total. The van der Waals surface area contributed by atoms with Crippen LogP contribution in [0.25, 0.3) is 0 Å². The molecular formula is C17H25NO. The van der Waals surface area contributed by atoms with Crippen LogP contribution in [0.1, 0.15) is 50.5 Å². The summed E-state index contributed by atoms with van der Waals surface area (Å²) in [5.41, 5.74) is 1.46. The minimum absolute atomic E-state index is 0.0141. The van der Waals surface area contributed by atoms with Crippen LogP contribution in [0.15, 0.2) is 24.3 Å². The van der Waals surface area contributed by atoms with Crippen molar-refractivity contribution in [2.75, 3.05) is 14.1 Å². The summed E-state index contributed by atoms with van der Waals surface area (Å²) in [6.07, 6.45) is 6.27. The van der Waals surface area contributed by atoms with E-state index >= 15 is 0 Å². The van der Waals surface area contributed by atoms with Gasteiger partial charge in [0.2, 0.25) is 0 Å². The van der Waals surface area contributed by atoms with Crippen LogP contribution in [0.5, 0.6) is 5.75 Å². The Hall–Kier alpha value is -1.02. The SMILES string of the molecule is CCC(N(C)C)[C@@]12CCCC[C@@H]1c1ccccc1O2. The predicted octanol–water partition coefficient (Wildman–Crippen LogP) is 3.82. The topological polar surface area (TPSA) is 12.5 Å². The molecule has 19 heavy (non-hydrogen) atoms. The summed E-state index contributed by atoms with van der Waals surface area (Å²) in [4.78, 5) is 2.37. The molecule has 0 saturated heterocycles. The Kier molecular flexibility index (Phi) is 3.30. The molecule has 1 saturated carbocycles. The second kappa shape index (κ2) is 4.82. The molecule has 104 valence electrons. The maximum Gasteiger partial charge on any atom is 0.131 e. The molecule has 0 N–H and O–H groups in total. The second-order valence-electron chi connectivity index (χ2n) is 6.28. The van der Waals surface area contributed by atoms with Crippen molar-refractivity contribution in [3.05, 3.63) is 29.8 Å². The zero-order valence-corrected chi connectivity index (χ0v) is 12.4. The first-order valence-electron chi connectivity index (χ1n) is 7.63. The van der Waals surface area contributed by atoms with Crippen LogP contribution in [-0.4, -0.2) is 30.6 Å². The lowest BCUT2D eigenvalue weighted by Gasteiger charge is -2.46. The molecule has 1 unspecified atom stereocenters. The van der Waals surface area contributed by atoms with Crippen molar-refractivity contribution in [2.45, 2.75) is 56.6 Å². The molecule has 2 aliphatic rings. The number of benzene rings is 1. The highest BCUT2D eigenvalue weighted by molar-refractivity contribution is 5.44. The molecule has 1 fully saturated rings. The van der Waals surface area contributed by atoms with Crippen LogP contribution < -0.4 is 4.74 Å². The molecule has 3 rings (SSSR count). The quantitative estimate of drug-likeness (QED) is 0.818. The first kappa shape index (κ1) is 13.0. The molecule has 1 aliphatic heterocycles. The van der Waals surface area contributed by atoms with E-state index in [2.05, 4.69) is 50.2 Å². The Morgan fingerprint density at radius 3 is 2.84 bits per heavy atom. The second-order valence-corrected chi connectivity index (χ2v) is 6.28. The van der Waals surface area contributed by atoms with Gasteiger partial charge in [-0.1, -0.05) is 31.5 Å². The molecule has 1 aromatic carbocycles. The van der Waals surface area contributed by atoms with Gasteiger partial charge in [-0.15, -0.1) is 0 Å². The van der Waals surface area contributed by atoms with Gasteiger partial charge < -0.3 is 9.64 Å². The smallest absolute Gasteiger partial charge is 0.131 e. The summed E-state index contributed by atoms with van der Waals surface area (Å²) in [5.74, 6) is 1.72. The molecule has 1 aliphatic carbocycles. The Bertz CT molecular complexity index is 456. The van der Waals surface area contributed by atoms with Crippen LogP contribution in [0.3, 0.4) is 0 Å². The van der Waals surface area contributed by atoms with E-state index in [-0.39, 0.29) is 5.60 Å². The maximum absolute atomic E-state index is 6.57. The molecule has 3 atom stereocenters. The number of para-hydroxylation sites is 1. The number of rotatable bonds is 3. The van der Waals surface area contributed by atoms with E-state index in [1.807, 2.05) is 0 Å². The molecule has 0 amide bonds. The summed E-state index contributed by atoms with van der Waals surface area (Å²) in [7, 11) is 4.39. The number of fused-ring (bicyclic) bond motifs is 3. The van der Waals surface area contributed by atoms with Gasteiger partial charge in [0.1, 0.15) is 11.4 Å². The number of nitrogens with zero attached hydrogens (tertiary/aromatic N) is 1. The Morgan fingerprint density at radius 1 is 1.32 bits per heavy atom. The van der Waals surface area contributed by atoms with Crippen molar-refractivity contribution in [3.63, 3.8) is 0 Å². The largest absolute Gasteiger partial charge is 0.485 e. The fraction of sp³-hybridized carbons (Fsp3) is 0.647. The number of hydrogen-bond acceptors (Lipinski definition) is 2. The third kappa shape index (κ3) is 1.88. The van der Waals surface area contributed by atoms with Crippen molar-refractivity contribution in [1.29, 1.82) is 0 Å². The molecule has 1 heterocycles. The number of likely N-dealkylation sites (N-methyl/N-ethyl adjacent to an activating group) is 1. The number of hydrogen-bond donors (Lipinski definition) is 0. The first-order valence-corrected chi connectivity index (χ1v) is 7.63. The summed E-state index contributed by atoms with van der Waals surface area (Å²) < 4.78 is 6.57. The minimum Gasteiger partial charge on any atom is -0.485 e. The molecule has 0 aromatic heterocycles. The summed E-state index contributed by atoms with van der Waals surface area (Å²) in [5, 5.41) is 0. The van der Waals surface area contributed by atoms with Gasteiger partial charge in [0, 0.05) is 17.5 Å². The van der Waals surface area contributed by atoms with E-state index in [1.165, 1.54) is 31.2 Å². The van der Waals surface area contributed by atoms with Crippen molar-refractivity contribution in [3.8, 4) is 5.75 Å². The van der Waals surface area contributed by atoms with E-state index in [1.54, 1.807) is 0 Å². The maximum atomic E-state index is 6.57. The first-order chi connectivity index (χ1) is 9.19. The highest BCUT2D eigenvalue weighted by Gasteiger charge is 2.54. The Labute approximate surface area is 116 Å². The van der Waals surface area contributed by atoms with E-state index in [4.69, 9.17) is 4.74 Å². The van der Waals surface area contributed by atoms with Crippen LogP contribution in [0.4, 0.5) is 0 Å². The van der Waals surface area contributed by atoms with Gasteiger partial charge >= 0.3 is 0 Å². The third-order valence-corrected chi connectivity index (χ3v) is 5.07. The van der Waals surface area contributed by atoms with Crippen LogP contribution in [0.2, 0.25) is 0 Å². The van der Waals surface area contributed by atoms with Crippen LogP contribution >= 0.6 is 0 Å². The Balaban J connectivity index is 2.04. The molecule has 1 aromatic rings. The lowest BCUT2D eigenvalue weighted by molar-refractivity contribution is -0.0363. The normalized spacial score (nSPS) is 30.6. The van der Waals surface area contributed by atoms with Crippen molar-refractivity contribution in [2.24, 2.45) is 0 Å². The van der Waals surface area contributed by atoms with Crippen LogP contribution in [0, 0.1) is 0 Å². The fourth-order valence-corrected chi connectivity index (χ4v) is 4.39. The Morgan fingerprint density at radius 2 is 2.11 bits per heavy atom. The molecule has 2 heteroatoms. The summed E-state index contributed by atoms with van der Waals surface area (Å²) >= 11 is 0. The zero-order valence-electron chi connectivity index (χ0n) is 12.4. The molecule has 0 radical (unpaired) electrons. The lowest BCUT2D eigenvalue weighted by atomic mass is 9.69. The van der Waals surface area contributed by atoms with Gasteiger partial charge in [0.15, 0.2) is 0 Å². The average molecular weight is 259 g/mol. The standard InChI is InChI=1S/C17H25NO/c1-4-16(18(2)3)17-12-8-7-10-14(17)13-9-5-6-11-15(13)19-17/h5-6,9,11,14,16H,4,7-8,10,12H2,1-3H3/t14-,16?,17-/m1/s1. The molecule has 0 spiro atoms. The van der Waals surface area contributed by atoms with Gasteiger partial charge in [0.25, 0.3) is 0 Å². The molecular weight excluding hydrogens is 234 g/mol. The van der Waals surface area contributed by atoms with Crippen molar-refractivity contribution in [1.82, 2.24) is 4.90 Å². The highest BCUT2D eigenvalue weighted by atomic mass is 16.5. The van der Waals surface area contributed by atoms with Crippen molar-refractivity contribution >= 4 is 0 Å². The van der Waals surface area contributed by atoms with E-state index in [0.29, 0.717) is 12.0 Å². The monoisotopic (exact) mass is 259 g/mol. The van der Waals surface area contributed by atoms with Gasteiger partial charge in [-0.05, 0) is 45.8 Å². The average Bonchev–Trinajstić information content (AvgIpc) is 2.73. The van der Waals surface area contributed by atoms with Crippen LogP contribution in [-0.2, 0) is 0 Å². The minimum atomic E-state index is 0.0141. The highest BCUT2D eigenvalue weighted by Crippen LogP contribution is 2.54. The lowest BCUT2D eigenvalue weighted by Crippen LogP contribution is -2.56. The number of ether oxygens (including phenoxy) is 1. The van der Waals surface area contributed by atoms with Gasteiger partial charge in [0.05, 0.1) is 0 Å². The van der Waals surface area contributed by atoms with Gasteiger partial charge in [-0.2, -0.15) is 0 Å². The van der Waals surface area contributed by atoms with Gasteiger partial charge in [-0.25, -0.2) is 0 Å². The van der Waals surface area contributed by atoms with Crippen molar-refractivity contribution < 1.29 is 4.74 Å². The fourth-order valence-electron chi connectivity index (χ4n) is 4.39. The van der Waals surface area contributed by atoms with E-state index in [9.17, 15) is 0 Å². The summed E-state index contributed by atoms with van der Waals surface area (Å²) in [6.45, 7) is 2.29. The van der Waals surface area contributed by atoms with E-state index in [0.717, 1.165) is 12.2 Å². The van der Waals surface area contributed by atoms with E-state index < -0.39 is 0 Å². The predicted molar refractivity (Wildman–Crippen MR) is 78.8 cm³/mol. The summed E-state index contributed by atoms with van der Waals surface area (Å²) in [6, 6.07) is 9.18. The zero-order chi connectivity index (χ0) is 13.5. The third-order valence-electron chi connectivity index (χ3n) is 5.07. The van der Waals surface area contributed by atoms with Gasteiger partial charge in [-0.3, -0.25) is 0 Å².